The van der Waals surface area contributed by atoms with E-state index in [4.69, 9.17) is 0 Å². The number of carbonyl (C=O) groups is 1. The van der Waals surface area contributed by atoms with Crippen molar-refractivity contribution in [3.63, 3.8) is 0 Å². The molecule has 5 nitrogen and oxygen atoms in total. The minimum atomic E-state index is -0.583. The van der Waals surface area contributed by atoms with Crippen molar-refractivity contribution in [2.45, 2.75) is 47.0 Å². The molecule has 158 valence electrons. The quantitative estimate of drug-likeness (QED) is 0.792. The Hall–Kier alpha value is -1.69. The number of nitrogens with one attached hydrogen (secondary N) is 1. The molecule has 28 heavy (non-hydrogen) atoms. The second-order valence-corrected chi connectivity index (χ2v) is 8.99. The minimum absolute atomic E-state index is 0.105. The van der Waals surface area contributed by atoms with E-state index in [0.717, 1.165) is 38.0 Å². The SMILES string of the molecule is CCC(C)(C)C1CC(C)C1.CNC(=O)c1ccc(N2CCN(C)CC2)c(F)n1. The van der Waals surface area contributed by atoms with Gasteiger partial charge in [0.25, 0.3) is 5.91 Å². The summed E-state index contributed by atoms with van der Waals surface area (Å²) in [5.74, 6) is 1.07. The molecule has 1 aromatic heterocycles. The van der Waals surface area contributed by atoms with E-state index in [0.29, 0.717) is 11.1 Å². The Bertz CT molecular complexity index is 650. The van der Waals surface area contributed by atoms with E-state index in [9.17, 15) is 9.18 Å². The van der Waals surface area contributed by atoms with Crippen LogP contribution in [0.25, 0.3) is 0 Å². The Morgan fingerprint density at radius 3 is 2.32 bits per heavy atom. The van der Waals surface area contributed by atoms with Gasteiger partial charge in [-0.2, -0.15) is 4.39 Å². The maximum absolute atomic E-state index is 13.9. The molecule has 2 fully saturated rings. The van der Waals surface area contributed by atoms with Crippen LogP contribution in [-0.4, -0.2) is 56.1 Å². The Morgan fingerprint density at radius 2 is 1.86 bits per heavy atom. The number of rotatable bonds is 4. The fourth-order valence-corrected chi connectivity index (χ4v) is 3.79. The molecule has 6 heteroatoms. The van der Waals surface area contributed by atoms with E-state index in [2.05, 4.69) is 42.9 Å². The highest BCUT2D eigenvalue weighted by Gasteiger charge is 2.36. The van der Waals surface area contributed by atoms with E-state index >= 15 is 0 Å². The van der Waals surface area contributed by atoms with E-state index in [1.54, 1.807) is 12.1 Å². The van der Waals surface area contributed by atoms with Crippen molar-refractivity contribution in [1.82, 2.24) is 15.2 Å². The monoisotopic (exact) mass is 392 g/mol. The highest BCUT2D eigenvalue weighted by atomic mass is 19.1. The van der Waals surface area contributed by atoms with Gasteiger partial charge < -0.3 is 15.1 Å². The number of piperazine rings is 1. The molecule has 1 amide bonds. The number of halogens is 1. The van der Waals surface area contributed by atoms with Crippen LogP contribution in [0.5, 0.6) is 0 Å². The van der Waals surface area contributed by atoms with E-state index in [1.807, 2.05) is 11.9 Å². The maximum atomic E-state index is 13.9. The molecular weight excluding hydrogens is 355 g/mol. The third-order valence-corrected chi connectivity index (χ3v) is 6.52. The van der Waals surface area contributed by atoms with Gasteiger partial charge in [-0.15, -0.1) is 0 Å². The summed E-state index contributed by atoms with van der Waals surface area (Å²) in [5, 5.41) is 2.42. The lowest BCUT2D eigenvalue weighted by molar-refractivity contribution is 0.0683. The summed E-state index contributed by atoms with van der Waals surface area (Å²) in [6, 6.07) is 3.17. The second-order valence-electron chi connectivity index (χ2n) is 8.99. The molecule has 0 spiro atoms. The van der Waals surface area contributed by atoms with Crippen LogP contribution < -0.4 is 10.2 Å². The fourth-order valence-electron chi connectivity index (χ4n) is 3.79. The molecule has 0 bridgehead atoms. The summed E-state index contributed by atoms with van der Waals surface area (Å²) in [4.78, 5) is 19.2. The Morgan fingerprint density at radius 1 is 1.25 bits per heavy atom. The Balaban J connectivity index is 0.000000237. The van der Waals surface area contributed by atoms with Crippen molar-refractivity contribution in [1.29, 1.82) is 0 Å². The van der Waals surface area contributed by atoms with Crippen LogP contribution in [-0.2, 0) is 0 Å². The van der Waals surface area contributed by atoms with Gasteiger partial charge in [-0.3, -0.25) is 4.79 Å². The Labute approximate surface area is 169 Å². The number of nitrogens with zero attached hydrogens (tertiary/aromatic N) is 3. The average molecular weight is 393 g/mol. The summed E-state index contributed by atoms with van der Waals surface area (Å²) in [6.45, 7) is 12.8. The van der Waals surface area contributed by atoms with Crippen LogP contribution in [0.1, 0.15) is 57.4 Å². The van der Waals surface area contributed by atoms with Crippen LogP contribution >= 0.6 is 0 Å². The first-order valence-corrected chi connectivity index (χ1v) is 10.5. The van der Waals surface area contributed by atoms with Gasteiger partial charge in [0.2, 0.25) is 5.95 Å². The van der Waals surface area contributed by atoms with Gasteiger partial charge in [-0.25, -0.2) is 4.98 Å². The molecular formula is C22H37FN4O. The van der Waals surface area contributed by atoms with Crippen LogP contribution in [0, 0.1) is 23.2 Å². The minimum Gasteiger partial charge on any atom is -0.365 e. The number of pyridine rings is 1. The molecule has 1 aromatic rings. The molecule has 2 heterocycles. The third-order valence-electron chi connectivity index (χ3n) is 6.52. The zero-order valence-corrected chi connectivity index (χ0v) is 18.4. The topological polar surface area (TPSA) is 48.5 Å². The smallest absolute Gasteiger partial charge is 0.269 e. The van der Waals surface area contributed by atoms with E-state index in [1.165, 1.54) is 26.3 Å². The van der Waals surface area contributed by atoms with E-state index in [-0.39, 0.29) is 11.6 Å². The maximum Gasteiger partial charge on any atom is 0.269 e. The molecule has 1 aliphatic heterocycles. The summed E-state index contributed by atoms with van der Waals surface area (Å²) in [6.07, 6.45) is 4.28. The molecule has 1 aliphatic carbocycles. The molecule has 2 aliphatic rings. The van der Waals surface area contributed by atoms with Crippen LogP contribution in [0.4, 0.5) is 10.1 Å². The van der Waals surface area contributed by atoms with Crippen molar-refractivity contribution in [3.8, 4) is 0 Å². The number of anilines is 1. The first-order valence-electron chi connectivity index (χ1n) is 10.5. The predicted molar refractivity (Wildman–Crippen MR) is 113 cm³/mol. The van der Waals surface area contributed by atoms with Gasteiger partial charge in [0.05, 0.1) is 5.69 Å². The third kappa shape index (κ3) is 5.66. The van der Waals surface area contributed by atoms with Gasteiger partial charge in [0.1, 0.15) is 5.69 Å². The largest absolute Gasteiger partial charge is 0.365 e. The number of hydrogen-bond donors (Lipinski definition) is 1. The lowest BCUT2D eigenvalue weighted by atomic mass is 9.62. The molecule has 0 atom stereocenters. The van der Waals surface area contributed by atoms with Gasteiger partial charge in [-0.05, 0) is 49.3 Å². The van der Waals surface area contributed by atoms with Crippen molar-refractivity contribution in [2.24, 2.45) is 17.3 Å². The summed E-state index contributed by atoms with van der Waals surface area (Å²) in [7, 11) is 3.54. The summed E-state index contributed by atoms with van der Waals surface area (Å²) < 4.78 is 13.9. The molecule has 0 radical (unpaired) electrons. The number of amides is 1. The molecule has 3 rings (SSSR count). The van der Waals surface area contributed by atoms with Crippen molar-refractivity contribution < 1.29 is 9.18 Å². The molecule has 1 saturated heterocycles. The van der Waals surface area contributed by atoms with Gasteiger partial charge >= 0.3 is 0 Å². The van der Waals surface area contributed by atoms with Gasteiger partial charge in [0.15, 0.2) is 0 Å². The standard InChI is InChI=1S/C12H17FN4O.C10H20/c1-14-12(18)9-3-4-10(11(13)15-9)17-7-5-16(2)6-8-17;1-5-10(3,4)9-6-8(2)7-9/h3-4H,5-8H2,1-2H3,(H,14,18);8-9H,5-7H2,1-4H3. The summed E-state index contributed by atoms with van der Waals surface area (Å²) >= 11 is 0. The second kappa shape index (κ2) is 9.68. The lowest BCUT2D eigenvalue weighted by Gasteiger charge is -2.44. The highest BCUT2D eigenvalue weighted by Crippen LogP contribution is 2.46. The van der Waals surface area contributed by atoms with Crippen molar-refractivity contribution in [3.05, 3.63) is 23.8 Å². The van der Waals surface area contributed by atoms with Crippen LogP contribution in [0.3, 0.4) is 0 Å². The number of aromatic nitrogens is 1. The first kappa shape index (κ1) is 22.6. The number of likely N-dealkylation sites (N-methyl/N-ethyl adjacent to an activating group) is 1. The summed E-state index contributed by atoms with van der Waals surface area (Å²) in [5.41, 5.74) is 1.19. The molecule has 1 N–H and O–H groups in total. The molecule has 0 unspecified atom stereocenters. The predicted octanol–water partition coefficient (Wildman–Crippen LogP) is 3.80. The van der Waals surface area contributed by atoms with Gasteiger partial charge in [0, 0.05) is 33.2 Å². The normalized spacial score (nSPS) is 22.8. The average Bonchev–Trinajstić information content (AvgIpc) is 2.66. The van der Waals surface area contributed by atoms with Crippen LogP contribution in [0.2, 0.25) is 0 Å². The zero-order valence-electron chi connectivity index (χ0n) is 18.4. The van der Waals surface area contributed by atoms with Crippen LogP contribution in [0.15, 0.2) is 12.1 Å². The van der Waals surface area contributed by atoms with Crippen molar-refractivity contribution >= 4 is 11.6 Å². The highest BCUT2D eigenvalue weighted by molar-refractivity contribution is 5.92. The lowest BCUT2D eigenvalue weighted by Crippen LogP contribution is -2.45. The Kier molecular flexibility index (Phi) is 7.81. The molecule has 1 saturated carbocycles. The van der Waals surface area contributed by atoms with Gasteiger partial charge in [-0.1, -0.05) is 34.1 Å². The first-order chi connectivity index (χ1) is 13.2. The number of carbonyl (C=O) groups excluding carboxylic acids is 1. The number of hydrogen-bond acceptors (Lipinski definition) is 4. The fraction of sp³-hybridized carbons (Fsp3) is 0.727. The zero-order chi connectivity index (χ0) is 20.9. The molecule has 0 aromatic carbocycles. The van der Waals surface area contributed by atoms with E-state index < -0.39 is 5.95 Å². The van der Waals surface area contributed by atoms with Crippen molar-refractivity contribution in [2.75, 3.05) is 45.2 Å².